The summed E-state index contributed by atoms with van der Waals surface area (Å²) in [6, 6.07) is 18.2. The summed E-state index contributed by atoms with van der Waals surface area (Å²) in [7, 11) is 0. The van der Waals surface area contributed by atoms with E-state index in [4.69, 9.17) is 16.0 Å². The normalized spacial score (nSPS) is 11.6. The molecule has 0 spiro atoms. The molecule has 124 valence electrons. The van der Waals surface area contributed by atoms with E-state index < -0.39 is 0 Å². The number of thiophene rings is 1. The number of hydrogen-bond acceptors (Lipinski definition) is 5. The fourth-order valence-electron chi connectivity index (χ4n) is 2.38. The Morgan fingerprint density at radius 3 is 2.68 bits per heavy atom. The van der Waals surface area contributed by atoms with Gasteiger partial charge in [-0.2, -0.15) is 0 Å². The highest BCUT2D eigenvalue weighted by atomic mass is 35.5. The van der Waals surface area contributed by atoms with Gasteiger partial charge in [0.05, 0.1) is 5.02 Å². The lowest BCUT2D eigenvalue weighted by Gasteiger charge is -1.92. The van der Waals surface area contributed by atoms with Gasteiger partial charge in [0, 0.05) is 15.8 Å². The van der Waals surface area contributed by atoms with E-state index in [9.17, 15) is 0 Å². The van der Waals surface area contributed by atoms with Crippen LogP contribution in [0.3, 0.4) is 0 Å². The first-order valence-electron chi connectivity index (χ1n) is 7.66. The minimum atomic E-state index is 0.473. The molecule has 0 aliphatic heterocycles. The first kappa shape index (κ1) is 16.4. The Labute approximate surface area is 158 Å². The summed E-state index contributed by atoms with van der Waals surface area (Å²) in [6.07, 6.45) is 4.16. The molecule has 0 bridgehead atoms. The van der Waals surface area contributed by atoms with Gasteiger partial charge in [-0.05, 0) is 11.6 Å². The fraction of sp³-hybridized carbons (Fsp3) is 0.0526. The molecule has 0 fully saturated rings. The van der Waals surface area contributed by atoms with Crippen LogP contribution in [0.2, 0.25) is 5.02 Å². The van der Waals surface area contributed by atoms with Gasteiger partial charge in [-0.1, -0.05) is 84.0 Å². The molecule has 3 nitrogen and oxygen atoms in total. The van der Waals surface area contributed by atoms with Gasteiger partial charge in [0.25, 0.3) is 11.1 Å². The highest BCUT2D eigenvalue weighted by Crippen LogP contribution is 2.41. The van der Waals surface area contributed by atoms with E-state index >= 15 is 0 Å². The van der Waals surface area contributed by atoms with Crippen molar-refractivity contribution in [3.05, 3.63) is 71.3 Å². The SMILES string of the molecule is Clc1c(-c2nnc(SCC=Cc3ccccc3)o2)sc2ccccc12. The van der Waals surface area contributed by atoms with Gasteiger partial charge in [-0.15, -0.1) is 21.5 Å². The third kappa shape index (κ3) is 3.63. The van der Waals surface area contributed by atoms with Crippen LogP contribution in [0.25, 0.3) is 26.9 Å². The largest absolute Gasteiger partial charge is 0.410 e. The molecule has 0 radical (unpaired) electrons. The van der Waals surface area contributed by atoms with Gasteiger partial charge >= 0.3 is 0 Å². The molecular formula is C19H13ClN2OS2. The van der Waals surface area contributed by atoms with Crippen LogP contribution in [0.4, 0.5) is 0 Å². The number of benzene rings is 2. The number of halogens is 1. The van der Waals surface area contributed by atoms with Crippen LogP contribution in [0.1, 0.15) is 5.56 Å². The second-order valence-electron chi connectivity index (χ2n) is 5.24. The van der Waals surface area contributed by atoms with E-state index in [1.165, 1.54) is 17.3 Å². The maximum atomic E-state index is 6.46. The predicted molar refractivity (Wildman–Crippen MR) is 106 cm³/mol. The Kier molecular flexibility index (Phi) is 4.88. The van der Waals surface area contributed by atoms with E-state index in [0.29, 0.717) is 16.1 Å². The maximum absolute atomic E-state index is 6.46. The molecule has 4 rings (SSSR count). The van der Waals surface area contributed by atoms with Crippen LogP contribution in [-0.2, 0) is 0 Å². The third-order valence-corrected chi connectivity index (χ3v) is 5.98. The van der Waals surface area contributed by atoms with Crippen LogP contribution >= 0.6 is 34.7 Å². The first-order chi connectivity index (χ1) is 12.3. The van der Waals surface area contributed by atoms with Crippen molar-refractivity contribution in [2.24, 2.45) is 0 Å². The lowest BCUT2D eigenvalue weighted by molar-refractivity contribution is 0.467. The van der Waals surface area contributed by atoms with E-state index in [2.05, 4.69) is 34.5 Å². The van der Waals surface area contributed by atoms with Crippen LogP contribution in [0.5, 0.6) is 0 Å². The van der Waals surface area contributed by atoms with Gasteiger partial charge in [0.2, 0.25) is 0 Å². The molecule has 0 aliphatic rings. The van der Waals surface area contributed by atoms with Gasteiger partial charge in [-0.3, -0.25) is 0 Å². The molecule has 2 aromatic carbocycles. The van der Waals surface area contributed by atoms with Crippen LogP contribution < -0.4 is 0 Å². The van der Waals surface area contributed by atoms with Crippen molar-refractivity contribution < 1.29 is 4.42 Å². The number of rotatable bonds is 5. The van der Waals surface area contributed by atoms with Gasteiger partial charge in [0.15, 0.2) is 0 Å². The Bertz CT molecular complexity index is 1020. The molecule has 2 heterocycles. The van der Waals surface area contributed by atoms with E-state index in [0.717, 1.165) is 20.7 Å². The quantitative estimate of drug-likeness (QED) is 0.372. The third-order valence-electron chi connectivity index (χ3n) is 3.55. The minimum Gasteiger partial charge on any atom is -0.410 e. The Morgan fingerprint density at radius 1 is 1.04 bits per heavy atom. The number of fused-ring (bicyclic) bond motifs is 1. The highest BCUT2D eigenvalue weighted by molar-refractivity contribution is 7.99. The summed E-state index contributed by atoms with van der Waals surface area (Å²) in [5.41, 5.74) is 1.17. The van der Waals surface area contributed by atoms with Gasteiger partial charge in [0.1, 0.15) is 4.88 Å². The van der Waals surface area contributed by atoms with E-state index in [1.807, 2.05) is 42.5 Å². The number of thioether (sulfide) groups is 1. The van der Waals surface area contributed by atoms with Crippen molar-refractivity contribution >= 4 is 50.9 Å². The lowest BCUT2D eigenvalue weighted by Crippen LogP contribution is -1.75. The first-order valence-corrected chi connectivity index (χ1v) is 9.84. The van der Waals surface area contributed by atoms with Crippen molar-refractivity contribution in [3.8, 4) is 10.8 Å². The minimum absolute atomic E-state index is 0.473. The second-order valence-corrected chi connectivity index (χ2v) is 7.64. The maximum Gasteiger partial charge on any atom is 0.277 e. The topological polar surface area (TPSA) is 38.9 Å². The average molecular weight is 385 g/mol. The molecule has 25 heavy (non-hydrogen) atoms. The van der Waals surface area contributed by atoms with E-state index in [1.54, 1.807) is 11.3 Å². The summed E-state index contributed by atoms with van der Waals surface area (Å²) in [6.45, 7) is 0. The molecule has 6 heteroatoms. The van der Waals surface area contributed by atoms with Crippen LogP contribution in [0.15, 0.2) is 70.3 Å². The Hall–Kier alpha value is -2.08. The smallest absolute Gasteiger partial charge is 0.277 e. The molecular weight excluding hydrogens is 372 g/mol. The molecule has 0 unspecified atom stereocenters. The molecule has 0 aliphatic carbocycles. The molecule has 4 aromatic rings. The molecule has 2 aromatic heterocycles. The molecule has 0 saturated carbocycles. The number of hydrogen-bond donors (Lipinski definition) is 0. The average Bonchev–Trinajstić information content (AvgIpc) is 3.25. The fourth-order valence-corrected chi connectivity index (χ4v) is 4.38. The Morgan fingerprint density at radius 2 is 1.84 bits per heavy atom. The predicted octanol–water partition coefficient (Wildman–Crippen LogP) is 6.41. The van der Waals surface area contributed by atoms with Gasteiger partial charge < -0.3 is 4.42 Å². The molecule has 0 atom stereocenters. The number of nitrogens with zero attached hydrogens (tertiary/aromatic N) is 2. The van der Waals surface area contributed by atoms with Crippen molar-refractivity contribution in [2.45, 2.75) is 5.22 Å². The van der Waals surface area contributed by atoms with E-state index in [-0.39, 0.29) is 0 Å². The zero-order valence-electron chi connectivity index (χ0n) is 13.1. The summed E-state index contributed by atoms with van der Waals surface area (Å²) in [5, 5.41) is 10.5. The standard InChI is InChI=1S/C19H13ClN2OS2/c20-16-14-10-4-5-11-15(14)25-17(16)18-21-22-19(23-18)24-12-6-9-13-7-2-1-3-8-13/h1-11H,12H2. The summed E-state index contributed by atoms with van der Waals surface area (Å²) >= 11 is 9.53. The zero-order chi connectivity index (χ0) is 17.1. The van der Waals surface area contributed by atoms with Crippen molar-refractivity contribution in [1.82, 2.24) is 10.2 Å². The lowest BCUT2D eigenvalue weighted by atomic mass is 10.2. The molecule has 0 saturated heterocycles. The molecule has 0 N–H and O–H groups in total. The zero-order valence-corrected chi connectivity index (χ0v) is 15.4. The summed E-state index contributed by atoms with van der Waals surface area (Å²) in [5.74, 6) is 1.23. The van der Waals surface area contributed by atoms with Crippen molar-refractivity contribution in [2.75, 3.05) is 5.75 Å². The highest BCUT2D eigenvalue weighted by Gasteiger charge is 2.17. The Balaban J connectivity index is 1.46. The summed E-state index contributed by atoms with van der Waals surface area (Å²) in [4.78, 5) is 0.821. The number of aromatic nitrogens is 2. The van der Waals surface area contributed by atoms with Crippen molar-refractivity contribution in [3.63, 3.8) is 0 Å². The van der Waals surface area contributed by atoms with Gasteiger partial charge in [-0.25, -0.2) is 0 Å². The van der Waals surface area contributed by atoms with Crippen LogP contribution in [0, 0.1) is 0 Å². The second kappa shape index (κ2) is 7.44. The monoisotopic (exact) mass is 384 g/mol. The molecule has 0 amide bonds. The van der Waals surface area contributed by atoms with Crippen LogP contribution in [-0.4, -0.2) is 16.0 Å². The summed E-state index contributed by atoms with van der Waals surface area (Å²) < 4.78 is 6.88. The van der Waals surface area contributed by atoms with Crippen molar-refractivity contribution in [1.29, 1.82) is 0 Å².